The lowest BCUT2D eigenvalue weighted by atomic mass is 10.2. The molecule has 9 heteroatoms. The van der Waals surface area contributed by atoms with E-state index in [1.807, 2.05) is 29.2 Å². The van der Waals surface area contributed by atoms with Crippen molar-refractivity contribution >= 4 is 11.6 Å². The van der Waals surface area contributed by atoms with E-state index in [4.69, 9.17) is 4.98 Å². The van der Waals surface area contributed by atoms with E-state index in [-0.39, 0.29) is 0 Å². The summed E-state index contributed by atoms with van der Waals surface area (Å²) >= 11 is 0. The second-order valence-corrected chi connectivity index (χ2v) is 7.34. The molecule has 3 aromatic heterocycles. The molecule has 4 rings (SSSR count). The van der Waals surface area contributed by atoms with Crippen LogP contribution in [0.25, 0.3) is 11.5 Å². The average Bonchev–Trinajstić information content (AvgIpc) is 3.05. The van der Waals surface area contributed by atoms with Crippen LogP contribution in [0.2, 0.25) is 0 Å². The van der Waals surface area contributed by atoms with Gasteiger partial charge in [-0.15, -0.1) is 0 Å². The molecule has 1 fully saturated rings. The van der Waals surface area contributed by atoms with E-state index in [2.05, 4.69) is 26.8 Å². The van der Waals surface area contributed by atoms with Gasteiger partial charge in [-0.25, -0.2) is 15.0 Å². The van der Waals surface area contributed by atoms with E-state index >= 15 is 0 Å². The molecule has 1 saturated heterocycles. The lowest BCUT2D eigenvalue weighted by molar-refractivity contribution is -0.137. The van der Waals surface area contributed by atoms with Gasteiger partial charge < -0.3 is 9.80 Å². The van der Waals surface area contributed by atoms with E-state index in [1.54, 1.807) is 6.20 Å². The summed E-state index contributed by atoms with van der Waals surface area (Å²) in [5.74, 6) is 2.00. The predicted molar refractivity (Wildman–Crippen MR) is 113 cm³/mol. The van der Waals surface area contributed by atoms with Crippen molar-refractivity contribution in [2.45, 2.75) is 25.9 Å². The third-order valence-corrected chi connectivity index (χ3v) is 5.24. The number of rotatable bonds is 4. The minimum absolute atomic E-state index is 0.556. The highest BCUT2D eigenvalue weighted by Gasteiger charge is 2.31. The summed E-state index contributed by atoms with van der Waals surface area (Å²) in [7, 11) is 0. The number of hydrogen-bond donors (Lipinski definition) is 0. The van der Waals surface area contributed by atoms with Gasteiger partial charge in [0.1, 0.15) is 17.3 Å². The zero-order valence-corrected chi connectivity index (χ0v) is 17.2. The Balaban J connectivity index is 1.52. The number of hydrogen-bond acceptors (Lipinski definition) is 6. The number of alkyl halides is 3. The summed E-state index contributed by atoms with van der Waals surface area (Å²) in [5, 5.41) is 0. The number of halogens is 3. The summed E-state index contributed by atoms with van der Waals surface area (Å²) in [6, 6.07) is 10.2. The van der Waals surface area contributed by atoms with Crippen molar-refractivity contribution < 1.29 is 13.2 Å². The van der Waals surface area contributed by atoms with Crippen molar-refractivity contribution in [1.82, 2.24) is 19.9 Å². The molecule has 0 radical (unpaired) electrons. The number of pyridine rings is 2. The lowest BCUT2D eigenvalue weighted by Gasteiger charge is -2.24. The number of aromatic nitrogens is 4. The molecule has 4 heterocycles. The molecule has 31 heavy (non-hydrogen) atoms. The Morgan fingerprint density at radius 3 is 2.29 bits per heavy atom. The van der Waals surface area contributed by atoms with Crippen molar-refractivity contribution in [1.29, 1.82) is 0 Å². The van der Waals surface area contributed by atoms with Crippen LogP contribution >= 0.6 is 0 Å². The maximum atomic E-state index is 12.8. The van der Waals surface area contributed by atoms with Crippen molar-refractivity contribution in [3.8, 4) is 11.5 Å². The summed E-state index contributed by atoms with van der Waals surface area (Å²) in [4.78, 5) is 22.0. The van der Waals surface area contributed by atoms with Gasteiger partial charge in [-0.05, 0) is 37.1 Å². The molecule has 0 spiro atoms. The fourth-order valence-corrected chi connectivity index (χ4v) is 3.55. The lowest BCUT2D eigenvalue weighted by Crippen LogP contribution is -2.31. The SMILES string of the molecule is CCc1cc(N2CCCN(c3ccc(C(F)(F)F)cn3)CC2)nc(-c2ccccn2)n1. The Hall–Kier alpha value is -3.23. The van der Waals surface area contributed by atoms with Crippen LogP contribution in [-0.4, -0.2) is 46.1 Å². The van der Waals surface area contributed by atoms with Gasteiger partial charge in [-0.3, -0.25) is 4.98 Å². The summed E-state index contributed by atoms with van der Waals surface area (Å²) in [5.41, 5.74) is 0.934. The Kier molecular flexibility index (Phi) is 6.01. The molecule has 1 aliphatic heterocycles. The second-order valence-electron chi connectivity index (χ2n) is 7.34. The summed E-state index contributed by atoms with van der Waals surface area (Å²) < 4.78 is 38.4. The molecule has 0 unspecified atom stereocenters. The first kappa shape index (κ1) is 21.0. The third kappa shape index (κ3) is 4.92. The summed E-state index contributed by atoms with van der Waals surface area (Å²) in [6.07, 6.45) is -0.138. The van der Waals surface area contributed by atoms with Crippen LogP contribution in [0, 0.1) is 0 Å². The smallest absolute Gasteiger partial charge is 0.355 e. The second kappa shape index (κ2) is 8.87. The van der Waals surface area contributed by atoms with Crippen LogP contribution < -0.4 is 9.80 Å². The minimum atomic E-state index is -4.38. The average molecular weight is 428 g/mol. The monoisotopic (exact) mass is 428 g/mol. The molecule has 0 amide bonds. The Labute approximate surface area is 178 Å². The van der Waals surface area contributed by atoms with E-state index in [0.29, 0.717) is 31.3 Å². The fraction of sp³-hybridized carbons (Fsp3) is 0.364. The first-order valence-corrected chi connectivity index (χ1v) is 10.3. The van der Waals surface area contributed by atoms with Crippen molar-refractivity contribution in [2.24, 2.45) is 0 Å². The van der Waals surface area contributed by atoms with Gasteiger partial charge in [-0.1, -0.05) is 13.0 Å². The Bertz CT molecular complexity index is 1010. The third-order valence-electron chi connectivity index (χ3n) is 5.24. The summed E-state index contributed by atoms with van der Waals surface area (Å²) in [6.45, 7) is 4.88. The molecule has 0 atom stereocenters. The van der Waals surface area contributed by atoms with Gasteiger partial charge in [0.15, 0.2) is 5.82 Å². The maximum absolute atomic E-state index is 12.8. The van der Waals surface area contributed by atoms with Gasteiger partial charge in [0.2, 0.25) is 0 Å². The maximum Gasteiger partial charge on any atom is 0.417 e. The van der Waals surface area contributed by atoms with Crippen LogP contribution in [0.15, 0.2) is 48.8 Å². The zero-order chi connectivity index (χ0) is 21.8. The normalized spacial score (nSPS) is 15.1. The van der Waals surface area contributed by atoms with E-state index < -0.39 is 11.7 Å². The highest BCUT2D eigenvalue weighted by molar-refractivity contribution is 5.54. The van der Waals surface area contributed by atoms with Crippen molar-refractivity contribution in [2.75, 3.05) is 36.0 Å². The van der Waals surface area contributed by atoms with Crippen LogP contribution in [0.5, 0.6) is 0 Å². The van der Waals surface area contributed by atoms with E-state index in [1.165, 1.54) is 6.07 Å². The number of nitrogens with zero attached hydrogens (tertiary/aromatic N) is 6. The Morgan fingerprint density at radius 1 is 0.903 bits per heavy atom. The van der Waals surface area contributed by atoms with Gasteiger partial charge in [0.05, 0.1) is 5.56 Å². The molecular weight excluding hydrogens is 405 g/mol. The molecule has 0 aromatic carbocycles. The fourth-order valence-electron chi connectivity index (χ4n) is 3.55. The molecular formula is C22H23F3N6. The van der Waals surface area contributed by atoms with E-state index in [9.17, 15) is 13.2 Å². The van der Waals surface area contributed by atoms with Crippen molar-refractivity contribution in [3.63, 3.8) is 0 Å². The molecule has 0 aliphatic carbocycles. The number of aryl methyl sites for hydroxylation is 1. The van der Waals surface area contributed by atoms with Gasteiger partial charge in [0, 0.05) is 50.3 Å². The predicted octanol–water partition coefficient (Wildman–Crippen LogP) is 4.23. The standard InChI is InChI=1S/C22H23F3N6/c1-2-17-14-20(29-21(28-17)18-6-3-4-9-26-18)31-11-5-10-30(12-13-31)19-8-7-16(15-27-19)22(23,24)25/h3-4,6-9,14-15H,2,5,10-13H2,1H3. The molecule has 0 bridgehead atoms. The van der Waals surface area contributed by atoms with Crippen LogP contribution in [0.3, 0.4) is 0 Å². The van der Waals surface area contributed by atoms with Crippen LogP contribution in [-0.2, 0) is 12.6 Å². The first-order valence-electron chi connectivity index (χ1n) is 10.3. The Morgan fingerprint density at radius 2 is 1.68 bits per heavy atom. The topological polar surface area (TPSA) is 58.0 Å². The molecule has 1 aliphatic rings. The van der Waals surface area contributed by atoms with Crippen LogP contribution in [0.4, 0.5) is 24.8 Å². The minimum Gasteiger partial charge on any atom is -0.355 e. The number of anilines is 2. The quantitative estimate of drug-likeness (QED) is 0.620. The largest absolute Gasteiger partial charge is 0.417 e. The van der Waals surface area contributed by atoms with Crippen LogP contribution in [0.1, 0.15) is 24.6 Å². The highest BCUT2D eigenvalue weighted by atomic mass is 19.4. The van der Waals surface area contributed by atoms with E-state index in [0.717, 1.165) is 48.9 Å². The molecule has 3 aromatic rings. The van der Waals surface area contributed by atoms with Crippen molar-refractivity contribution in [3.05, 3.63) is 60.0 Å². The molecule has 6 nitrogen and oxygen atoms in total. The van der Waals surface area contributed by atoms with Gasteiger partial charge in [-0.2, -0.15) is 13.2 Å². The first-order chi connectivity index (χ1) is 14.9. The molecule has 162 valence electrons. The van der Waals surface area contributed by atoms with Gasteiger partial charge in [0.25, 0.3) is 0 Å². The zero-order valence-electron chi connectivity index (χ0n) is 17.2. The molecule has 0 N–H and O–H groups in total. The van der Waals surface area contributed by atoms with Gasteiger partial charge >= 0.3 is 6.18 Å². The molecule has 0 saturated carbocycles. The highest BCUT2D eigenvalue weighted by Crippen LogP contribution is 2.29.